The van der Waals surface area contributed by atoms with Gasteiger partial charge in [-0.05, 0) is 18.6 Å². The molecule has 2 aromatic rings. The maximum Gasteiger partial charge on any atom is 0.224 e. The monoisotopic (exact) mass is 305 g/mol. The summed E-state index contributed by atoms with van der Waals surface area (Å²) in [6.07, 6.45) is 2.58. The fraction of sp³-hybridized carbons (Fsp3) is 0.333. The Hall–Kier alpha value is -2.01. The third-order valence-electron chi connectivity index (χ3n) is 3.13. The van der Waals surface area contributed by atoms with Crippen molar-refractivity contribution in [2.75, 3.05) is 42.7 Å². The highest BCUT2D eigenvalue weighted by Crippen LogP contribution is 2.19. The number of nitrogens with zero attached hydrogens (tertiary/aromatic N) is 3. The van der Waals surface area contributed by atoms with Gasteiger partial charge in [0.1, 0.15) is 10.8 Å². The zero-order valence-corrected chi connectivity index (χ0v) is 13.1. The number of para-hydroxylation sites is 1. The smallest absolute Gasteiger partial charge is 0.224 e. The predicted octanol–water partition coefficient (Wildman–Crippen LogP) is 3.11. The van der Waals surface area contributed by atoms with E-state index in [0.29, 0.717) is 16.8 Å². The average Bonchev–Trinajstić information content (AvgIpc) is 2.53. The maximum absolute atomic E-state index is 6.06. The molecule has 0 unspecified atom stereocenters. The Morgan fingerprint density at radius 1 is 1.24 bits per heavy atom. The fourth-order valence-electron chi connectivity index (χ4n) is 1.95. The number of nitrogens with one attached hydrogen (secondary N) is 2. The molecule has 2 N–H and O–H groups in total. The molecular weight excluding hydrogens is 286 g/mol. The van der Waals surface area contributed by atoms with E-state index in [4.69, 9.17) is 11.6 Å². The molecule has 1 aromatic heterocycles. The summed E-state index contributed by atoms with van der Waals surface area (Å²) in [7, 11) is 3.87. The molecule has 6 heteroatoms. The molecule has 5 nitrogen and oxygen atoms in total. The van der Waals surface area contributed by atoms with Gasteiger partial charge in [0.15, 0.2) is 0 Å². The van der Waals surface area contributed by atoms with Crippen LogP contribution in [0.4, 0.5) is 17.5 Å². The van der Waals surface area contributed by atoms with Crippen LogP contribution in [0.3, 0.4) is 0 Å². The Kier molecular flexibility index (Phi) is 5.63. The van der Waals surface area contributed by atoms with Crippen LogP contribution in [0.1, 0.15) is 6.42 Å². The van der Waals surface area contributed by atoms with Crippen molar-refractivity contribution in [3.8, 4) is 0 Å². The van der Waals surface area contributed by atoms with E-state index >= 15 is 0 Å². The lowest BCUT2D eigenvalue weighted by molar-refractivity contribution is 0.814. The number of halogens is 1. The number of rotatable bonds is 7. The summed E-state index contributed by atoms with van der Waals surface area (Å²) < 4.78 is 0. The molecule has 0 radical (unpaired) electrons. The van der Waals surface area contributed by atoms with E-state index in [1.54, 1.807) is 13.2 Å². The minimum Gasteiger partial charge on any atom is -0.375 e. The van der Waals surface area contributed by atoms with Gasteiger partial charge in [-0.1, -0.05) is 29.8 Å². The van der Waals surface area contributed by atoms with E-state index in [1.807, 2.05) is 18.2 Å². The minimum absolute atomic E-state index is 0.533. The highest BCUT2D eigenvalue weighted by atomic mass is 35.5. The first-order chi connectivity index (χ1) is 10.2. The highest BCUT2D eigenvalue weighted by molar-refractivity contribution is 6.32. The number of anilines is 3. The fourth-order valence-corrected chi connectivity index (χ4v) is 2.10. The summed E-state index contributed by atoms with van der Waals surface area (Å²) in [5.41, 5.74) is 1.22. The van der Waals surface area contributed by atoms with E-state index in [1.165, 1.54) is 5.69 Å². The van der Waals surface area contributed by atoms with E-state index in [2.05, 4.69) is 44.7 Å². The Morgan fingerprint density at radius 2 is 2.00 bits per heavy atom. The molecule has 0 saturated carbocycles. The van der Waals surface area contributed by atoms with Crippen LogP contribution in [0.25, 0.3) is 0 Å². The van der Waals surface area contributed by atoms with Gasteiger partial charge in [0.05, 0.1) is 6.20 Å². The van der Waals surface area contributed by atoms with Gasteiger partial charge in [-0.2, -0.15) is 4.98 Å². The van der Waals surface area contributed by atoms with E-state index < -0.39 is 0 Å². The molecule has 2 rings (SSSR count). The number of hydrogen-bond acceptors (Lipinski definition) is 5. The molecule has 112 valence electrons. The van der Waals surface area contributed by atoms with Gasteiger partial charge >= 0.3 is 0 Å². The van der Waals surface area contributed by atoms with Crippen molar-refractivity contribution in [1.82, 2.24) is 9.97 Å². The first kappa shape index (κ1) is 15.4. The van der Waals surface area contributed by atoms with Gasteiger partial charge in [0, 0.05) is 32.9 Å². The molecule has 1 heterocycles. The largest absolute Gasteiger partial charge is 0.375 e. The van der Waals surface area contributed by atoms with Crippen LogP contribution in [0.5, 0.6) is 0 Å². The quantitative estimate of drug-likeness (QED) is 0.770. The first-order valence-electron chi connectivity index (χ1n) is 6.91. The van der Waals surface area contributed by atoms with Gasteiger partial charge in [0.2, 0.25) is 5.95 Å². The Bertz CT molecular complexity index is 561. The van der Waals surface area contributed by atoms with Gasteiger partial charge in [0.25, 0.3) is 0 Å². The number of benzene rings is 1. The maximum atomic E-state index is 6.06. The van der Waals surface area contributed by atoms with Crippen LogP contribution in [-0.4, -0.2) is 37.2 Å². The molecular formula is C15H20ClN5. The van der Waals surface area contributed by atoms with Crippen molar-refractivity contribution in [3.05, 3.63) is 41.6 Å². The summed E-state index contributed by atoms with van der Waals surface area (Å²) in [5.74, 6) is 1.22. The van der Waals surface area contributed by atoms with Crippen LogP contribution in [0, 0.1) is 0 Å². The summed E-state index contributed by atoms with van der Waals surface area (Å²) in [5, 5.41) is 6.67. The van der Waals surface area contributed by atoms with E-state index in [9.17, 15) is 0 Å². The highest BCUT2D eigenvalue weighted by Gasteiger charge is 2.04. The molecule has 0 atom stereocenters. The lowest BCUT2D eigenvalue weighted by Gasteiger charge is -2.19. The molecule has 0 aliphatic heterocycles. The van der Waals surface area contributed by atoms with Crippen molar-refractivity contribution < 1.29 is 0 Å². The van der Waals surface area contributed by atoms with Crippen molar-refractivity contribution in [3.63, 3.8) is 0 Å². The zero-order chi connectivity index (χ0) is 15.1. The molecule has 0 spiro atoms. The van der Waals surface area contributed by atoms with Gasteiger partial charge in [-0.15, -0.1) is 0 Å². The molecule has 0 aliphatic carbocycles. The van der Waals surface area contributed by atoms with Crippen LogP contribution < -0.4 is 15.5 Å². The zero-order valence-electron chi connectivity index (χ0n) is 12.3. The topological polar surface area (TPSA) is 53.1 Å². The SMILES string of the molecule is CNc1ncc(Cl)c(NCCCN(C)c2ccccc2)n1. The Balaban J connectivity index is 1.80. The third-order valence-corrected chi connectivity index (χ3v) is 3.40. The van der Waals surface area contributed by atoms with Crippen molar-refractivity contribution in [2.24, 2.45) is 0 Å². The van der Waals surface area contributed by atoms with Crippen molar-refractivity contribution in [2.45, 2.75) is 6.42 Å². The second-order valence-electron chi connectivity index (χ2n) is 4.68. The second-order valence-corrected chi connectivity index (χ2v) is 5.08. The molecule has 0 amide bonds. The average molecular weight is 306 g/mol. The van der Waals surface area contributed by atoms with Crippen LogP contribution in [0.2, 0.25) is 5.02 Å². The Morgan fingerprint density at radius 3 is 2.71 bits per heavy atom. The standard InChI is InChI=1S/C15H20ClN5/c1-17-15-19-11-13(16)14(20-15)18-9-6-10-21(2)12-7-4-3-5-8-12/h3-5,7-8,11H,6,9-10H2,1-2H3,(H2,17,18,19,20). The van der Waals surface area contributed by atoms with Crippen molar-refractivity contribution in [1.29, 1.82) is 0 Å². The van der Waals surface area contributed by atoms with Gasteiger partial charge in [-0.3, -0.25) is 0 Å². The molecule has 0 saturated heterocycles. The van der Waals surface area contributed by atoms with E-state index in [0.717, 1.165) is 19.5 Å². The third kappa shape index (κ3) is 4.49. The normalized spacial score (nSPS) is 10.2. The Labute approximate surface area is 130 Å². The predicted molar refractivity (Wildman–Crippen MR) is 89.4 cm³/mol. The van der Waals surface area contributed by atoms with Gasteiger partial charge < -0.3 is 15.5 Å². The number of aromatic nitrogens is 2. The second kappa shape index (κ2) is 7.69. The molecule has 1 aromatic carbocycles. The summed E-state index contributed by atoms with van der Waals surface area (Å²) in [4.78, 5) is 10.6. The lowest BCUT2D eigenvalue weighted by Crippen LogP contribution is -2.21. The molecule has 0 bridgehead atoms. The number of hydrogen-bond donors (Lipinski definition) is 2. The van der Waals surface area contributed by atoms with Crippen LogP contribution in [-0.2, 0) is 0 Å². The molecule has 0 fully saturated rings. The lowest BCUT2D eigenvalue weighted by atomic mass is 10.3. The minimum atomic E-state index is 0.533. The molecule has 0 aliphatic rings. The van der Waals surface area contributed by atoms with Crippen LogP contribution >= 0.6 is 11.6 Å². The summed E-state index contributed by atoms with van der Waals surface area (Å²) in [6, 6.07) is 10.3. The first-order valence-corrected chi connectivity index (χ1v) is 7.29. The summed E-state index contributed by atoms with van der Waals surface area (Å²) >= 11 is 6.06. The summed E-state index contributed by atoms with van der Waals surface area (Å²) in [6.45, 7) is 1.76. The van der Waals surface area contributed by atoms with E-state index in [-0.39, 0.29) is 0 Å². The van der Waals surface area contributed by atoms with Crippen LogP contribution in [0.15, 0.2) is 36.5 Å². The van der Waals surface area contributed by atoms with Crippen molar-refractivity contribution >= 4 is 29.1 Å². The van der Waals surface area contributed by atoms with Gasteiger partial charge in [-0.25, -0.2) is 4.98 Å². The molecule has 21 heavy (non-hydrogen) atoms.